The van der Waals surface area contributed by atoms with Crippen molar-refractivity contribution in [3.63, 3.8) is 0 Å². The molecule has 5 nitrogen and oxygen atoms in total. The summed E-state index contributed by atoms with van der Waals surface area (Å²) in [5.74, 6) is 0.545. The average Bonchev–Trinajstić information content (AvgIpc) is 3.36. The number of anilines is 2. The summed E-state index contributed by atoms with van der Waals surface area (Å²) in [5.41, 5.74) is 3.79. The Balaban J connectivity index is 1.44. The quantitative estimate of drug-likeness (QED) is 0.759. The third-order valence-corrected chi connectivity index (χ3v) is 4.39. The van der Waals surface area contributed by atoms with Gasteiger partial charge in [-0.25, -0.2) is 0 Å². The van der Waals surface area contributed by atoms with E-state index in [1.54, 1.807) is 12.5 Å². The van der Waals surface area contributed by atoms with E-state index in [4.69, 9.17) is 4.42 Å². The van der Waals surface area contributed by atoms with Gasteiger partial charge in [0.25, 0.3) is 5.91 Å². The molecule has 3 aromatic rings. The number of nitrogens with one attached hydrogen (secondary N) is 2. The Morgan fingerprint density at radius 2 is 1.88 bits per heavy atom. The molecule has 1 aromatic carbocycles. The number of amides is 1. The molecular formula is C19H19N3O2. The van der Waals surface area contributed by atoms with Crippen molar-refractivity contribution in [3.05, 3.63) is 60.7 Å². The smallest absolute Gasteiger partial charge is 0.256 e. The second-order valence-electron chi connectivity index (χ2n) is 6.01. The fourth-order valence-corrected chi connectivity index (χ4v) is 3.06. The van der Waals surface area contributed by atoms with Crippen molar-refractivity contribution in [2.75, 3.05) is 23.3 Å². The van der Waals surface area contributed by atoms with Crippen molar-refractivity contribution in [1.29, 1.82) is 0 Å². The minimum atomic E-state index is -0.122. The van der Waals surface area contributed by atoms with Crippen LogP contribution >= 0.6 is 0 Å². The first kappa shape index (κ1) is 14.6. The van der Waals surface area contributed by atoms with Gasteiger partial charge >= 0.3 is 0 Å². The second kappa shape index (κ2) is 6.28. The van der Waals surface area contributed by atoms with E-state index in [0.29, 0.717) is 11.4 Å². The van der Waals surface area contributed by atoms with Crippen LogP contribution in [0.25, 0.3) is 11.1 Å². The van der Waals surface area contributed by atoms with Gasteiger partial charge in [0, 0.05) is 41.7 Å². The summed E-state index contributed by atoms with van der Waals surface area (Å²) in [7, 11) is 0. The number of furan rings is 1. The van der Waals surface area contributed by atoms with Gasteiger partial charge < -0.3 is 19.6 Å². The molecule has 3 heterocycles. The molecule has 0 aliphatic carbocycles. The summed E-state index contributed by atoms with van der Waals surface area (Å²) in [4.78, 5) is 17.8. The van der Waals surface area contributed by atoms with Crippen molar-refractivity contribution in [2.24, 2.45) is 0 Å². The molecule has 0 saturated carbocycles. The molecule has 0 radical (unpaired) electrons. The van der Waals surface area contributed by atoms with Crippen LogP contribution in [0.15, 0.2) is 59.5 Å². The first-order chi connectivity index (χ1) is 11.8. The van der Waals surface area contributed by atoms with E-state index in [0.717, 1.165) is 24.2 Å². The van der Waals surface area contributed by atoms with Gasteiger partial charge in [-0.15, -0.1) is 0 Å². The minimum absolute atomic E-state index is 0.122. The van der Waals surface area contributed by atoms with Crippen LogP contribution in [0.4, 0.5) is 11.5 Å². The van der Waals surface area contributed by atoms with Gasteiger partial charge in [-0.3, -0.25) is 4.79 Å². The van der Waals surface area contributed by atoms with Gasteiger partial charge in [0.2, 0.25) is 0 Å². The number of H-pyrrole nitrogens is 1. The fourth-order valence-electron chi connectivity index (χ4n) is 3.06. The highest BCUT2D eigenvalue weighted by molar-refractivity contribution is 6.04. The predicted octanol–water partition coefficient (Wildman–Crippen LogP) is 4.13. The SMILES string of the molecule is O=C(Nc1cc(-c2ccoc2)c[nH]1)c1ccc(N2CCCC2)cc1. The monoisotopic (exact) mass is 321 g/mol. The lowest BCUT2D eigenvalue weighted by Gasteiger charge is -2.17. The van der Waals surface area contributed by atoms with E-state index in [2.05, 4.69) is 15.2 Å². The van der Waals surface area contributed by atoms with Crippen LogP contribution in [0.2, 0.25) is 0 Å². The third-order valence-electron chi connectivity index (χ3n) is 4.39. The maximum atomic E-state index is 12.4. The number of nitrogens with zero attached hydrogens (tertiary/aromatic N) is 1. The van der Waals surface area contributed by atoms with Crippen molar-refractivity contribution in [3.8, 4) is 11.1 Å². The first-order valence-electron chi connectivity index (χ1n) is 8.17. The van der Waals surface area contributed by atoms with Crippen molar-refractivity contribution < 1.29 is 9.21 Å². The molecule has 1 fully saturated rings. The van der Waals surface area contributed by atoms with Crippen LogP contribution in [0, 0.1) is 0 Å². The zero-order valence-corrected chi connectivity index (χ0v) is 13.3. The molecule has 2 aromatic heterocycles. The number of carbonyl (C=O) groups excluding carboxylic acids is 1. The van der Waals surface area contributed by atoms with Gasteiger partial charge in [0.05, 0.1) is 12.5 Å². The molecule has 122 valence electrons. The zero-order valence-electron chi connectivity index (χ0n) is 13.3. The van der Waals surface area contributed by atoms with Gasteiger partial charge in [-0.05, 0) is 49.2 Å². The molecule has 0 unspecified atom stereocenters. The van der Waals surface area contributed by atoms with Crippen molar-refractivity contribution >= 4 is 17.4 Å². The molecule has 1 saturated heterocycles. The van der Waals surface area contributed by atoms with E-state index in [-0.39, 0.29) is 5.91 Å². The Labute approximate surface area is 140 Å². The molecule has 0 atom stereocenters. The Bertz CT molecular complexity index is 813. The van der Waals surface area contributed by atoms with Gasteiger partial charge in [-0.1, -0.05) is 0 Å². The highest BCUT2D eigenvalue weighted by Gasteiger charge is 2.13. The number of hydrogen-bond acceptors (Lipinski definition) is 3. The summed E-state index contributed by atoms with van der Waals surface area (Å²) < 4.78 is 5.08. The highest BCUT2D eigenvalue weighted by atomic mass is 16.3. The van der Waals surface area contributed by atoms with Crippen molar-refractivity contribution in [1.82, 2.24) is 4.98 Å². The number of rotatable bonds is 4. The summed E-state index contributed by atoms with van der Waals surface area (Å²) >= 11 is 0. The number of aromatic nitrogens is 1. The molecule has 0 bridgehead atoms. The average molecular weight is 321 g/mol. The fraction of sp³-hybridized carbons (Fsp3) is 0.211. The van der Waals surface area contributed by atoms with E-state index in [1.165, 1.54) is 18.5 Å². The molecule has 1 aliphatic heterocycles. The summed E-state index contributed by atoms with van der Waals surface area (Å²) in [6.07, 6.45) is 7.63. The van der Waals surface area contributed by atoms with E-state index in [1.807, 2.05) is 42.6 Å². The van der Waals surface area contributed by atoms with Crippen LogP contribution in [-0.4, -0.2) is 24.0 Å². The predicted molar refractivity (Wildman–Crippen MR) is 94.3 cm³/mol. The summed E-state index contributed by atoms with van der Waals surface area (Å²) in [6, 6.07) is 11.6. The van der Waals surface area contributed by atoms with Crippen LogP contribution in [0.3, 0.4) is 0 Å². The van der Waals surface area contributed by atoms with Crippen LogP contribution in [0.1, 0.15) is 23.2 Å². The van der Waals surface area contributed by atoms with Gasteiger partial charge in [0.15, 0.2) is 0 Å². The van der Waals surface area contributed by atoms with Gasteiger partial charge in [0.1, 0.15) is 5.82 Å². The number of aromatic amines is 1. The molecule has 2 N–H and O–H groups in total. The van der Waals surface area contributed by atoms with Crippen LogP contribution in [-0.2, 0) is 0 Å². The molecule has 24 heavy (non-hydrogen) atoms. The minimum Gasteiger partial charge on any atom is -0.472 e. The molecular weight excluding hydrogens is 302 g/mol. The Hall–Kier alpha value is -2.95. The molecule has 0 spiro atoms. The lowest BCUT2D eigenvalue weighted by Crippen LogP contribution is -2.18. The molecule has 1 amide bonds. The highest BCUT2D eigenvalue weighted by Crippen LogP contribution is 2.24. The number of carbonyl (C=O) groups is 1. The summed E-state index contributed by atoms with van der Waals surface area (Å²) in [5, 5.41) is 2.89. The van der Waals surface area contributed by atoms with Crippen molar-refractivity contribution in [2.45, 2.75) is 12.8 Å². The van der Waals surface area contributed by atoms with E-state index < -0.39 is 0 Å². The first-order valence-corrected chi connectivity index (χ1v) is 8.17. The van der Waals surface area contributed by atoms with Gasteiger partial charge in [-0.2, -0.15) is 0 Å². The Kier molecular flexibility index (Phi) is 3.83. The topological polar surface area (TPSA) is 61.3 Å². The Morgan fingerprint density at radius 3 is 2.58 bits per heavy atom. The lowest BCUT2D eigenvalue weighted by atomic mass is 10.2. The number of hydrogen-bond donors (Lipinski definition) is 2. The van der Waals surface area contributed by atoms with E-state index in [9.17, 15) is 4.79 Å². The largest absolute Gasteiger partial charge is 0.472 e. The van der Waals surface area contributed by atoms with E-state index >= 15 is 0 Å². The third kappa shape index (κ3) is 2.93. The maximum absolute atomic E-state index is 12.4. The standard InChI is InChI=1S/C19H19N3O2/c23-19(14-3-5-17(6-4-14)22-8-1-2-9-22)21-18-11-16(12-20-18)15-7-10-24-13-15/h3-7,10-13,20H,1-2,8-9H2,(H,21,23). The molecule has 5 heteroatoms. The lowest BCUT2D eigenvalue weighted by molar-refractivity contribution is 0.102. The van der Waals surface area contributed by atoms with Crippen LogP contribution < -0.4 is 10.2 Å². The molecule has 1 aliphatic rings. The Morgan fingerprint density at radius 1 is 1.08 bits per heavy atom. The second-order valence-corrected chi connectivity index (χ2v) is 6.01. The number of benzene rings is 1. The van der Waals surface area contributed by atoms with Crippen LogP contribution in [0.5, 0.6) is 0 Å². The molecule has 4 rings (SSSR count). The normalized spacial score (nSPS) is 14.1. The summed E-state index contributed by atoms with van der Waals surface area (Å²) in [6.45, 7) is 2.20. The zero-order chi connectivity index (χ0) is 16.4. The maximum Gasteiger partial charge on any atom is 0.256 e.